The molecule has 1 aliphatic carbocycles. The highest BCUT2D eigenvalue weighted by Crippen LogP contribution is 2.53. The van der Waals surface area contributed by atoms with Crippen molar-refractivity contribution in [1.29, 1.82) is 0 Å². The molecule has 3 heteroatoms. The Labute approximate surface area is 171 Å². The molecule has 1 saturated carbocycles. The molecule has 3 aromatic carbocycles. The predicted molar refractivity (Wildman–Crippen MR) is 119 cm³/mol. The van der Waals surface area contributed by atoms with E-state index >= 15 is 0 Å². The average Bonchev–Trinajstić information content (AvgIpc) is 3.19. The summed E-state index contributed by atoms with van der Waals surface area (Å²) in [5.74, 6) is 0.287. The smallest absolute Gasteiger partial charge is 0.0835 e. The molecule has 0 bridgehead atoms. The molecule has 0 radical (unpaired) electrons. The van der Waals surface area contributed by atoms with Gasteiger partial charge in [0, 0.05) is 4.47 Å². The van der Waals surface area contributed by atoms with Gasteiger partial charge in [-0.05, 0) is 54.6 Å². The van der Waals surface area contributed by atoms with Crippen LogP contribution < -0.4 is 10.6 Å². The van der Waals surface area contributed by atoms with Crippen LogP contribution in [-0.2, 0) is 0 Å². The molecule has 138 valence electrons. The highest BCUT2D eigenvalue weighted by molar-refractivity contribution is 9.10. The molecule has 0 amide bonds. The Morgan fingerprint density at radius 1 is 0.778 bits per heavy atom. The normalized spacial score (nSPS) is 20.7. The van der Waals surface area contributed by atoms with Crippen molar-refractivity contribution in [1.82, 2.24) is 0 Å². The molecule has 2 unspecified atom stereocenters. The van der Waals surface area contributed by atoms with Gasteiger partial charge in [0.25, 0.3) is 0 Å². The fraction of sp³-hybridized carbons (Fsp3) is 0.250. The van der Waals surface area contributed by atoms with Gasteiger partial charge in [-0.1, -0.05) is 101 Å². The topological polar surface area (TPSA) is 20.2 Å². The SMILES string of the molecule is O[C@@H](c1ccccc1Br)C1CCCC1P(c1ccccc1)c1ccccc1. The van der Waals surface area contributed by atoms with E-state index in [4.69, 9.17) is 0 Å². The minimum atomic E-state index is -0.499. The molecular weight excluding hydrogens is 415 g/mol. The minimum Gasteiger partial charge on any atom is -0.388 e. The van der Waals surface area contributed by atoms with Crippen LogP contribution in [0.2, 0.25) is 0 Å². The summed E-state index contributed by atoms with van der Waals surface area (Å²) in [6.07, 6.45) is 3.04. The molecule has 0 aromatic heterocycles. The molecule has 0 saturated heterocycles. The first kappa shape index (κ1) is 18.9. The van der Waals surface area contributed by atoms with Crippen molar-refractivity contribution < 1.29 is 5.11 Å². The van der Waals surface area contributed by atoms with E-state index in [0.717, 1.165) is 16.5 Å². The third kappa shape index (κ3) is 4.04. The summed E-state index contributed by atoms with van der Waals surface area (Å²) in [7, 11) is -0.499. The van der Waals surface area contributed by atoms with Gasteiger partial charge in [0.15, 0.2) is 0 Å². The van der Waals surface area contributed by atoms with Gasteiger partial charge < -0.3 is 5.11 Å². The molecule has 0 heterocycles. The lowest BCUT2D eigenvalue weighted by atomic mass is 9.94. The first-order valence-electron chi connectivity index (χ1n) is 9.57. The Morgan fingerprint density at radius 2 is 1.33 bits per heavy atom. The van der Waals surface area contributed by atoms with Crippen LogP contribution in [0.25, 0.3) is 0 Å². The van der Waals surface area contributed by atoms with Crippen LogP contribution in [0.3, 0.4) is 0 Å². The molecule has 3 atom stereocenters. The zero-order chi connectivity index (χ0) is 18.6. The molecule has 0 spiro atoms. The lowest BCUT2D eigenvalue weighted by Gasteiger charge is -2.33. The Kier molecular flexibility index (Phi) is 6.08. The number of aliphatic hydroxyl groups excluding tert-OH is 1. The quantitative estimate of drug-likeness (QED) is 0.500. The van der Waals surface area contributed by atoms with Gasteiger partial charge in [0.05, 0.1) is 6.10 Å². The van der Waals surface area contributed by atoms with Gasteiger partial charge in [0.1, 0.15) is 0 Å². The van der Waals surface area contributed by atoms with E-state index in [1.54, 1.807) is 0 Å². The van der Waals surface area contributed by atoms with Crippen LogP contribution in [0.4, 0.5) is 0 Å². The van der Waals surface area contributed by atoms with Crippen molar-refractivity contribution >= 4 is 34.5 Å². The largest absolute Gasteiger partial charge is 0.388 e. The second-order valence-corrected chi connectivity index (χ2v) is 10.5. The van der Waals surface area contributed by atoms with E-state index in [1.165, 1.54) is 23.5 Å². The molecule has 3 aromatic rings. The van der Waals surface area contributed by atoms with Crippen LogP contribution in [0, 0.1) is 5.92 Å². The van der Waals surface area contributed by atoms with E-state index in [-0.39, 0.29) is 5.92 Å². The monoisotopic (exact) mass is 438 g/mol. The van der Waals surface area contributed by atoms with Crippen LogP contribution in [0.15, 0.2) is 89.4 Å². The number of hydrogen-bond donors (Lipinski definition) is 1. The van der Waals surface area contributed by atoms with Crippen molar-refractivity contribution in [3.05, 3.63) is 95.0 Å². The summed E-state index contributed by atoms with van der Waals surface area (Å²) in [5, 5.41) is 14.1. The van der Waals surface area contributed by atoms with Gasteiger partial charge in [0.2, 0.25) is 0 Å². The van der Waals surface area contributed by atoms with Crippen molar-refractivity contribution in [2.24, 2.45) is 5.92 Å². The molecule has 1 aliphatic rings. The maximum Gasteiger partial charge on any atom is 0.0835 e. The summed E-state index contributed by atoms with van der Waals surface area (Å²) >= 11 is 3.64. The maximum absolute atomic E-state index is 11.3. The second kappa shape index (κ2) is 8.69. The third-order valence-corrected chi connectivity index (χ3v) is 9.30. The van der Waals surface area contributed by atoms with E-state index in [2.05, 4.69) is 82.7 Å². The first-order chi connectivity index (χ1) is 13.3. The summed E-state index contributed by atoms with van der Waals surface area (Å²) in [5.41, 5.74) is 1.51. The molecule has 4 rings (SSSR count). The lowest BCUT2D eigenvalue weighted by molar-refractivity contribution is 0.113. The van der Waals surface area contributed by atoms with E-state index < -0.39 is 14.0 Å². The maximum atomic E-state index is 11.3. The van der Waals surface area contributed by atoms with E-state index in [9.17, 15) is 5.11 Å². The third-order valence-electron chi connectivity index (χ3n) is 5.56. The average molecular weight is 439 g/mol. The fourth-order valence-electron chi connectivity index (χ4n) is 4.31. The molecular formula is C24H24BrOP. The van der Waals surface area contributed by atoms with Crippen molar-refractivity contribution in [2.75, 3.05) is 0 Å². The minimum absolute atomic E-state index is 0.287. The molecule has 1 fully saturated rings. The van der Waals surface area contributed by atoms with Crippen LogP contribution >= 0.6 is 23.9 Å². The number of rotatable bonds is 5. The zero-order valence-electron chi connectivity index (χ0n) is 15.2. The number of halogens is 1. The zero-order valence-corrected chi connectivity index (χ0v) is 17.7. The van der Waals surface area contributed by atoms with Crippen molar-refractivity contribution in [3.63, 3.8) is 0 Å². The van der Waals surface area contributed by atoms with Gasteiger partial charge in [-0.2, -0.15) is 0 Å². The van der Waals surface area contributed by atoms with Gasteiger partial charge in [-0.15, -0.1) is 0 Å². The molecule has 0 aliphatic heterocycles. The van der Waals surface area contributed by atoms with E-state index in [1.807, 2.05) is 18.2 Å². The highest BCUT2D eigenvalue weighted by atomic mass is 79.9. The summed E-state index contributed by atoms with van der Waals surface area (Å²) in [4.78, 5) is 0. The van der Waals surface area contributed by atoms with Gasteiger partial charge in [-0.25, -0.2) is 0 Å². The van der Waals surface area contributed by atoms with Gasteiger partial charge >= 0.3 is 0 Å². The van der Waals surface area contributed by atoms with Crippen molar-refractivity contribution in [2.45, 2.75) is 31.0 Å². The van der Waals surface area contributed by atoms with Gasteiger partial charge in [-0.3, -0.25) is 0 Å². The van der Waals surface area contributed by atoms with E-state index in [0.29, 0.717) is 5.66 Å². The van der Waals surface area contributed by atoms with Crippen LogP contribution in [0.1, 0.15) is 30.9 Å². The Balaban J connectivity index is 1.72. The fourth-order valence-corrected chi connectivity index (χ4v) is 8.02. The van der Waals surface area contributed by atoms with Crippen LogP contribution in [-0.4, -0.2) is 10.8 Å². The molecule has 27 heavy (non-hydrogen) atoms. The molecule has 1 nitrogen and oxygen atoms in total. The molecule has 1 N–H and O–H groups in total. The first-order valence-corrected chi connectivity index (χ1v) is 11.8. The van der Waals surface area contributed by atoms with Crippen LogP contribution in [0.5, 0.6) is 0 Å². The number of aliphatic hydroxyl groups is 1. The highest BCUT2D eigenvalue weighted by Gasteiger charge is 2.39. The number of hydrogen-bond acceptors (Lipinski definition) is 1. The standard InChI is InChI=1S/C24H24BrOP/c25-22-16-8-7-14-20(22)24(26)21-15-9-17-23(21)27(18-10-3-1-4-11-18)19-12-5-2-6-13-19/h1-8,10-14,16,21,23-24,26H,9,15,17H2/t21?,23?,24-/m0/s1. The number of benzene rings is 3. The summed E-state index contributed by atoms with van der Waals surface area (Å²) in [6, 6.07) is 29.9. The lowest BCUT2D eigenvalue weighted by Crippen LogP contribution is -2.28. The Hall–Kier alpha value is -1.47. The Bertz CT molecular complexity index is 828. The van der Waals surface area contributed by atoms with Crippen molar-refractivity contribution in [3.8, 4) is 0 Å². The predicted octanol–water partition coefficient (Wildman–Crippen LogP) is 5.78. The summed E-state index contributed by atoms with van der Waals surface area (Å²) < 4.78 is 1.01. The summed E-state index contributed by atoms with van der Waals surface area (Å²) in [6.45, 7) is 0. The Morgan fingerprint density at radius 3 is 1.93 bits per heavy atom. The second-order valence-electron chi connectivity index (χ2n) is 7.17.